The molecule has 2 aromatic rings. The molecule has 1 heterocycles. The second-order valence-electron chi connectivity index (χ2n) is 5.16. The van der Waals surface area contributed by atoms with Crippen molar-refractivity contribution in [1.82, 2.24) is 9.88 Å². The predicted molar refractivity (Wildman–Crippen MR) is 96.7 cm³/mol. The van der Waals surface area contributed by atoms with E-state index >= 15 is 0 Å². The minimum atomic E-state index is -0.575. The first-order chi connectivity index (χ1) is 11.8. The summed E-state index contributed by atoms with van der Waals surface area (Å²) in [5.41, 5.74) is 0.519. The van der Waals surface area contributed by atoms with Gasteiger partial charge in [0.05, 0.1) is 36.5 Å². The minimum absolute atomic E-state index is 0.182. The fourth-order valence-corrected chi connectivity index (χ4v) is 3.14. The molecule has 0 bridgehead atoms. The van der Waals surface area contributed by atoms with E-state index in [0.29, 0.717) is 12.2 Å². The molecule has 0 saturated carbocycles. The summed E-state index contributed by atoms with van der Waals surface area (Å²) in [6, 6.07) is 2.53. The molecular weight excluding hydrogens is 366 g/mol. The van der Waals surface area contributed by atoms with E-state index in [4.69, 9.17) is 16.3 Å². The fourth-order valence-electron chi connectivity index (χ4n) is 2.08. The number of carbonyl (C=O) groups is 2. The topological polar surface area (TPSA) is 80.8 Å². The van der Waals surface area contributed by atoms with Crippen LogP contribution in [0.1, 0.15) is 20.2 Å². The Labute approximate surface area is 154 Å². The maximum atomic E-state index is 12.4. The number of nitrogens with zero attached hydrogens (tertiary/aromatic N) is 2. The highest BCUT2D eigenvalue weighted by molar-refractivity contribution is 7.11. The zero-order valence-corrected chi connectivity index (χ0v) is 15.8. The first kappa shape index (κ1) is 19.0. The Morgan fingerprint density at radius 1 is 1.36 bits per heavy atom. The fraction of sp³-hybridized carbons (Fsp3) is 0.312. The Morgan fingerprint density at radius 3 is 2.64 bits per heavy atom. The standard InChI is InChI=1S/C16H18ClN3O4S/c1-9-18-7-10(25-9)8-20(2)16(22)19-13-6-14(23-3)11(5-12(13)17)15(21)24-4/h5-7H,8H2,1-4H3,(H,19,22). The molecule has 0 spiro atoms. The van der Waals surface area contributed by atoms with Gasteiger partial charge in [0.1, 0.15) is 11.3 Å². The van der Waals surface area contributed by atoms with E-state index < -0.39 is 5.97 Å². The van der Waals surface area contributed by atoms with Gasteiger partial charge in [-0.15, -0.1) is 11.3 Å². The van der Waals surface area contributed by atoms with E-state index in [-0.39, 0.29) is 22.4 Å². The molecule has 0 saturated heterocycles. The summed E-state index contributed by atoms with van der Waals surface area (Å²) in [7, 11) is 4.35. The number of esters is 1. The van der Waals surface area contributed by atoms with Crippen molar-refractivity contribution in [2.75, 3.05) is 26.6 Å². The predicted octanol–water partition coefficient (Wildman–Crippen LogP) is 3.56. The van der Waals surface area contributed by atoms with Crippen molar-refractivity contribution >= 4 is 40.6 Å². The molecule has 1 N–H and O–H groups in total. The largest absolute Gasteiger partial charge is 0.496 e. The van der Waals surface area contributed by atoms with Crippen LogP contribution in [0.4, 0.5) is 10.5 Å². The number of rotatable bonds is 5. The van der Waals surface area contributed by atoms with Crippen LogP contribution in [0, 0.1) is 6.92 Å². The van der Waals surface area contributed by atoms with E-state index in [9.17, 15) is 9.59 Å². The van der Waals surface area contributed by atoms with Crippen LogP contribution in [0.25, 0.3) is 0 Å². The molecule has 0 atom stereocenters. The lowest BCUT2D eigenvalue weighted by molar-refractivity contribution is 0.0597. The summed E-state index contributed by atoms with van der Waals surface area (Å²) in [5.74, 6) is -0.318. The van der Waals surface area contributed by atoms with Gasteiger partial charge in [-0.25, -0.2) is 14.6 Å². The van der Waals surface area contributed by atoms with Crippen LogP contribution in [-0.4, -0.2) is 43.2 Å². The number of hydrogen-bond donors (Lipinski definition) is 1. The number of anilines is 1. The molecule has 0 unspecified atom stereocenters. The number of amides is 2. The van der Waals surface area contributed by atoms with Crippen molar-refractivity contribution in [1.29, 1.82) is 0 Å². The van der Waals surface area contributed by atoms with E-state index in [2.05, 4.69) is 15.0 Å². The number of aromatic nitrogens is 1. The van der Waals surface area contributed by atoms with Gasteiger partial charge >= 0.3 is 12.0 Å². The molecule has 0 fully saturated rings. The summed E-state index contributed by atoms with van der Waals surface area (Å²) in [5, 5.41) is 3.85. The summed E-state index contributed by atoms with van der Waals surface area (Å²) >= 11 is 7.69. The lowest BCUT2D eigenvalue weighted by Crippen LogP contribution is -2.30. The number of methoxy groups -OCH3 is 2. The van der Waals surface area contributed by atoms with Crippen LogP contribution in [0.3, 0.4) is 0 Å². The molecule has 9 heteroatoms. The molecule has 25 heavy (non-hydrogen) atoms. The van der Waals surface area contributed by atoms with Gasteiger partial charge in [-0.1, -0.05) is 11.6 Å². The van der Waals surface area contributed by atoms with Crippen LogP contribution < -0.4 is 10.1 Å². The van der Waals surface area contributed by atoms with Gasteiger partial charge in [0.15, 0.2) is 0 Å². The molecule has 1 aromatic heterocycles. The smallest absolute Gasteiger partial charge is 0.341 e. The summed E-state index contributed by atoms with van der Waals surface area (Å²) in [6.07, 6.45) is 1.74. The third-order valence-electron chi connectivity index (χ3n) is 3.34. The third-order valence-corrected chi connectivity index (χ3v) is 4.56. The van der Waals surface area contributed by atoms with Gasteiger partial charge < -0.3 is 19.7 Å². The molecule has 0 aliphatic carbocycles. The first-order valence-corrected chi connectivity index (χ1v) is 8.44. The number of nitrogens with one attached hydrogen (secondary N) is 1. The molecule has 2 amide bonds. The average Bonchev–Trinajstić information content (AvgIpc) is 3.00. The SMILES string of the molecule is COC(=O)c1cc(Cl)c(NC(=O)N(C)Cc2cnc(C)s2)cc1OC. The Hall–Kier alpha value is -2.32. The zero-order valence-electron chi connectivity index (χ0n) is 14.3. The maximum absolute atomic E-state index is 12.4. The molecule has 7 nitrogen and oxygen atoms in total. The lowest BCUT2D eigenvalue weighted by atomic mass is 10.1. The normalized spacial score (nSPS) is 10.3. The number of halogens is 1. The Kier molecular flexibility index (Phi) is 6.22. The van der Waals surface area contributed by atoms with Gasteiger partial charge in [0.2, 0.25) is 0 Å². The van der Waals surface area contributed by atoms with Gasteiger partial charge in [-0.05, 0) is 13.0 Å². The number of ether oxygens (including phenoxy) is 2. The monoisotopic (exact) mass is 383 g/mol. The van der Waals surface area contributed by atoms with Crippen molar-refractivity contribution in [2.45, 2.75) is 13.5 Å². The van der Waals surface area contributed by atoms with Crippen LogP contribution in [0.15, 0.2) is 18.3 Å². The highest BCUT2D eigenvalue weighted by Gasteiger charge is 2.18. The van der Waals surface area contributed by atoms with Crippen molar-refractivity contribution < 1.29 is 19.1 Å². The molecule has 0 aliphatic rings. The molecule has 134 valence electrons. The van der Waals surface area contributed by atoms with E-state index in [1.54, 1.807) is 13.2 Å². The first-order valence-electron chi connectivity index (χ1n) is 7.25. The molecule has 1 aromatic carbocycles. The molecule has 0 radical (unpaired) electrons. The van der Waals surface area contributed by atoms with Crippen molar-refractivity contribution in [2.24, 2.45) is 0 Å². The van der Waals surface area contributed by atoms with Crippen LogP contribution in [0.5, 0.6) is 5.75 Å². The highest BCUT2D eigenvalue weighted by atomic mass is 35.5. The second-order valence-corrected chi connectivity index (χ2v) is 6.88. The van der Waals surface area contributed by atoms with Crippen LogP contribution >= 0.6 is 22.9 Å². The van der Waals surface area contributed by atoms with Crippen LogP contribution in [0.2, 0.25) is 5.02 Å². The van der Waals surface area contributed by atoms with E-state index in [1.165, 1.54) is 42.6 Å². The van der Waals surface area contributed by atoms with Crippen molar-refractivity contribution in [3.05, 3.63) is 38.8 Å². The Morgan fingerprint density at radius 2 is 2.08 bits per heavy atom. The Balaban J connectivity index is 2.15. The van der Waals surface area contributed by atoms with Crippen molar-refractivity contribution in [3.8, 4) is 5.75 Å². The Bertz CT molecular complexity index is 794. The van der Waals surface area contributed by atoms with E-state index in [1.807, 2.05) is 6.92 Å². The van der Waals surface area contributed by atoms with Crippen molar-refractivity contribution in [3.63, 3.8) is 0 Å². The van der Waals surface area contributed by atoms with E-state index in [0.717, 1.165) is 9.88 Å². The number of aryl methyl sites for hydroxylation is 1. The van der Waals surface area contributed by atoms with Gasteiger partial charge in [-0.2, -0.15) is 0 Å². The van der Waals surface area contributed by atoms with Gasteiger partial charge in [0, 0.05) is 24.2 Å². The zero-order chi connectivity index (χ0) is 18.6. The quantitative estimate of drug-likeness (QED) is 0.798. The van der Waals surface area contributed by atoms with Gasteiger partial charge in [-0.3, -0.25) is 0 Å². The number of benzene rings is 1. The summed E-state index contributed by atoms with van der Waals surface area (Å²) in [6.45, 7) is 2.33. The highest BCUT2D eigenvalue weighted by Crippen LogP contribution is 2.31. The number of thiazole rings is 1. The maximum Gasteiger partial charge on any atom is 0.341 e. The van der Waals surface area contributed by atoms with Crippen LogP contribution in [-0.2, 0) is 11.3 Å². The summed E-state index contributed by atoms with van der Waals surface area (Å²) < 4.78 is 9.86. The number of carbonyl (C=O) groups excluding carboxylic acids is 2. The average molecular weight is 384 g/mol. The van der Waals surface area contributed by atoms with Gasteiger partial charge in [0.25, 0.3) is 0 Å². The second kappa shape index (κ2) is 8.17. The lowest BCUT2D eigenvalue weighted by Gasteiger charge is -2.18. The number of urea groups is 1. The number of hydrogen-bond acceptors (Lipinski definition) is 6. The molecule has 0 aliphatic heterocycles. The minimum Gasteiger partial charge on any atom is -0.496 e. The summed E-state index contributed by atoms with van der Waals surface area (Å²) in [4.78, 5) is 30.7. The molecule has 2 rings (SSSR count). The molecular formula is C16H18ClN3O4S. The third kappa shape index (κ3) is 4.61.